The van der Waals surface area contributed by atoms with Gasteiger partial charge in [-0.1, -0.05) is 36.4 Å². The third-order valence-corrected chi connectivity index (χ3v) is 3.50. The highest BCUT2D eigenvalue weighted by molar-refractivity contribution is 5.92. The SMILES string of the molecule is COC(=O)[C@H](Cc1ccccc1)NC(=O)COC(=O)c1cccc(F)c1. The van der Waals surface area contributed by atoms with E-state index >= 15 is 0 Å². The Hall–Kier alpha value is -3.22. The number of halogens is 1. The summed E-state index contributed by atoms with van der Waals surface area (Å²) in [6.45, 7) is -0.600. The van der Waals surface area contributed by atoms with Crippen molar-refractivity contribution in [2.24, 2.45) is 0 Å². The molecule has 0 saturated heterocycles. The molecule has 2 aromatic rings. The van der Waals surface area contributed by atoms with E-state index in [9.17, 15) is 18.8 Å². The molecule has 1 amide bonds. The van der Waals surface area contributed by atoms with E-state index in [2.05, 4.69) is 5.32 Å². The van der Waals surface area contributed by atoms with E-state index in [1.807, 2.05) is 30.3 Å². The number of hydrogen-bond acceptors (Lipinski definition) is 5. The van der Waals surface area contributed by atoms with Gasteiger partial charge >= 0.3 is 11.9 Å². The van der Waals surface area contributed by atoms with Crippen LogP contribution in [-0.2, 0) is 25.5 Å². The van der Waals surface area contributed by atoms with Gasteiger partial charge in [-0.15, -0.1) is 0 Å². The summed E-state index contributed by atoms with van der Waals surface area (Å²) in [5.74, 6) is -2.70. The average molecular weight is 359 g/mol. The van der Waals surface area contributed by atoms with E-state index in [0.29, 0.717) is 0 Å². The van der Waals surface area contributed by atoms with E-state index in [4.69, 9.17) is 9.47 Å². The van der Waals surface area contributed by atoms with E-state index in [-0.39, 0.29) is 12.0 Å². The molecule has 0 aliphatic rings. The maximum absolute atomic E-state index is 13.1. The normalized spacial score (nSPS) is 11.3. The molecule has 0 radical (unpaired) electrons. The summed E-state index contributed by atoms with van der Waals surface area (Å²) in [5, 5.41) is 2.47. The highest BCUT2D eigenvalue weighted by Gasteiger charge is 2.22. The second kappa shape index (κ2) is 9.31. The Morgan fingerprint density at radius 1 is 1.08 bits per heavy atom. The first-order valence-electron chi connectivity index (χ1n) is 7.83. The molecule has 0 bridgehead atoms. The zero-order valence-corrected chi connectivity index (χ0v) is 14.1. The third-order valence-electron chi connectivity index (χ3n) is 3.50. The lowest BCUT2D eigenvalue weighted by Gasteiger charge is -2.16. The minimum Gasteiger partial charge on any atom is -0.467 e. The number of benzene rings is 2. The Bertz CT molecular complexity index is 779. The van der Waals surface area contributed by atoms with Gasteiger partial charge in [0.2, 0.25) is 0 Å². The Kier molecular flexibility index (Phi) is 6.84. The zero-order chi connectivity index (χ0) is 18.9. The maximum Gasteiger partial charge on any atom is 0.338 e. The van der Waals surface area contributed by atoms with Gasteiger partial charge in [-0.3, -0.25) is 4.79 Å². The second-order valence-corrected chi connectivity index (χ2v) is 5.42. The summed E-state index contributed by atoms with van der Waals surface area (Å²) in [6.07, 6.45) is 0.233. The van der Waals surface area contributed by atoms with Crippen molar-refractivity contribution in [2.75, 3.05) is 13.7 Å². The molecule has 0 spiro atoms. The fourth-order valence-electron chi connectivity index (χ4n) is 2.25. The Balaban J connectivity index is 1.92. The molecule has 0 fully saturated rings. The second-order valence-electron chi connectivity index (χ2n) is 5.42. The van der Waals surface area contributed by atoms with E-state index < -0.39 is 36.3 Å². The van der Waals surface area contributed by atoms with Crippen molar-refractivity contribution in [1.82, 2.24) is 5.32 Å². The summed E-state index contributed by atoms with van der Waals surface area (Å²) in [7, 11) is 1.22. The number of nitrogens with one attached hydrogen (secondary N) is 1. The molecule has 1 N–H and O–H groups in total. The smallest absolute Gasteiger partial charge is 0.338 e. The molecule has 0 heterocycles. The van der Waals surface area contributed by atoms with E-state index in [1.165, 1.54) is 25.3 Å². The topological polar surface area (TPSA) is 81.7 Å². The average Bonchev–Trinajstić information content (AvgIpc) is 2.65. The number of amides is 1. The Morgan fingerprint density at radius 2 is 1.81 bits per heavy atom. The molecule has 0 aliphatic heterocycles. The van der Waals surface area contributed by atoms with Crippen LogP contribution in [0.3, 0.4) is 0 Å². The molecule has 0 aliphatic carbocycles. The van der Waals surface area contributed by atoms with Gasteiger partial charge in [0.25, 0.3) is 5.91 Å². The molecular formula is C19H18FNO5. The van der Waals surface area contributed by atoms with Crippen LogP contribution >= 0.6 is 0 Å². The minimum absolute atomic E-state index is 0.00777. The van der Waals surface area contributed by atoms with Crippen molar-refractivity contribution in [3.63, 3.8) is 0 Å². The molecule has 2 rings (SSSR count). The summed E-state index contributed by atoms with van der Waals surface area (Å²) >= 11 is 0. The highest BCUT2D eigenvalue weighted by atomic mass is 19.1. The molecule has 0 unspecified atom stereocenters. The van der Waals surface area contributed by atoms with Gasteiger partial charge in [0, 0.05) is 6.42 Å². The van der Waals surface area contributed by atoms with Crippen molar-refractivity contribution in [2.45, 2.75) is 12.5 Å². The van der Waals surface area contributed by atoms with Gasteiger partial charge in [0.15, 0.2) is 6.61 Å². The number of methoxy groups -OCH3 is 1. The molecular weight excluding hydrogens is 341 g/mol. The first-order chi connectivity index (χ1) is 12.5. The van der Waals surface area contributed by atoms with Crippen LogP contribution in [0.2, 0.25) is 0 Å². The van der Waals surface area contributed by atoms with Crippen molar-refractivity contribution in [3.05, 3.63) is 71.5 Å². The number of carbonyl (C=O) groups excluding carboxylic acids is 3. The first kappa shape index (κ1) is 19.1. The summed E-state index contributed by atoms with van der Waals surface area (Å²) in [5.41, 5.74) is 0.826. The molecule has 6 nitrogen and oxygen atoms in total. The lowest BCUT2D eigenvalue weighted by Crippen LogP contribution is -2.44. The van der Waals surface area contributed by atoms with Gasteiger partial charge in [0.1, 0.15) is 11.9 Å². The number of hydrogen-bond donors (Lipinski definition) is 1. The fourth-order valence-corrected chi connectivity index (χ4v) is 2.25. The van der Waals surface area contributed by atoms with Crippen LogP contribution in [-0.4, -0.2) is 37.6 Å². The Labute approximate surface area is 149 Å². The summed E-state index contributed by atoms with van der Waals surface area (Å²) in [6, 6.07) is 13.1. The van der Waals surface area contributed by atoms with Crippen molar-refractivity contribution in [1.29, 1.82) is 0 Å². The lowest BCUT2D eigenvalue weighted by molar-refractivity contribution is -0.145. The molecule has 0 aromatic heterocycles. The number of rotatable bonds is 7. The molecule has 7 heteroatoms. The zero-order valence-electron chi connectivity index (χ0n) is 14.1. The van der Waals surface area contributed by atoms with Crippen molar-refractivity contribution < 1.29 is 28.2 Å². The van der Waals surface area contributed by atoms with E-state index in [1.54, 1.807) is 0 Å². The molecule has 26 heavy (non-hydrogen) atoms. The summed E-state index contributed by atoms with van der Waals surface area (Å²) < 4.78 is 22.6. The van der Waals surface area contributed by atoms with Crippen LogP contribution < -0.4 is 5.32 Å². The van der Waals surface area contributed by atoms with Crippen LogP contribution in [0.4, 0.5) is 4.39 Å². The van der Waals surface area contributed by atoms with Crippen LogP contribution in [0.1, 0.15) is 15.9 Å². The van der Waals surface area contributed by atoms with Crippen molar-refractivity contribution >= 4 is 17.8 Å². The maximum atomic E-state index is 13.1. The monoisotopic (exact) mass is 359 g/mol. The fraction of sp³-hybridized carbons (Fsp3) is 0.211. The minimum atomic E-state index is -0.914. The van der Waals surface area contributed by atoms with Gasteiger partial charge < -0.3 is 14.8 Å². The molecule has 1 atom stereocenters. The largest absolute Gasteiger partial charge is 0.467 e. The standard InChI is InChI=1S/C19H18FNO5/c1-25-19(24)16(10-13-6-3-2-4-7-13)21-17(22)12-26-18(23)14-8-5-9-15(20)11-14/h2-9,11,16H,10,12H2,1H3,(H,21,22)/t16-/m0/s1. The predicted octanol–water partition coefficient (Wildman–Crippen LogP) is 1.88. The third kappa shape index (κ3) is 5.70. The highest BCUT2D eigenvalue weighted by Crippen LogP contribution is 2.06. The van der Waals surface area contributed by atoms with Crippen LogP contribution in [0.15, 0.2) is 54.6 Å². The predicted molar refractivity (Wildman–Crippen MR) is 90.8 cm³/mol. The van der Waals surface area contributed by atoms with E-state index in [0.717, 1.165) is 11.6 Å². The number of esters is 2. The van der Waals surface area contributed by atoms with Crippen LogP contribution in [0.5, 0.6) is 0 Å². The lowest BCUT2D eigenvalue weighted by atomic mass is 10.1. The first-order valence-corrected chi connectivity index (χ1v) is 7.83. The number of ether oxygens (including phenoxy) is 2. The number of carbonyl (C=O) groups is 3. The summed E-state index contributed by atoms with van der Waals surface area (Å²) in [4.78, 5) is 35.7. The van der Waals surface area contributed by atoms with Gasteiger partial charge in [-0.05, 0) is 23.8 Å². The molecule has 136 valence electrons. The van der Waals surface area contributed by atoms with Crippen molar-refractivity contribution in [3.8, 4) is 0 Å². The Morgan fingerprint density at radius 3 is 2.46 bits per heavy atom. The molecule has 0 saturated carbocycles. The van der Waals surface area contributed by atoms with Crippen LogP contribution in [0, 0.1) is 5.82 Å². The van der Waals surface area contributed by atoms with Crippen LogP contribution in [0.25, 0.3) is 0 Å². The van der Waals surface area contributed by atoms with Gasteiger partial charge in [-0.2, -0.15) is 0 Å². The van der Waals surface area contributed by atoms with Gasteiger partial charge in [0.05, 0.1) is 12.7 Å². The van der Waals surface area contributed by atoms with Gasteiger partial charge in [-0.25, -0.2) is 14.0 Å². The quantitative estimate of drug-likeness (QED) is 0.764. The molecule has 2 aromatic carbocycles.